The van der Waals surface area contributed by atoms with E-state index in [0.717, 1.165) is 29.0 Å². The van der Waals surface area contributed by atoms with Crippen molar-refractivity contribution in [3.05, 3.63) is 94.5 Å². The fraction of sp³-hybridized carbons (Fsp3) is 0.167. The average Bonchev–Trinajstić information content (AvgIpc) is 2.78. The van der Waals surface area contributed by atoms with Gasteiger partial charge in [0.05, 0.1) is 12.8 Å². The Labute approximate surface area is 181 Å². The fourth-order valence-corrected chi connectivity index (χ4v) is 2.77. The molecule has 6 heteroatoms. The van der Waals surface area contributed by atoms with Crippen molar-refractivity contribution in [2.45, 2.75) is 20.0 Å². The topological polar surface area (TPSA) is 59.9 Å². The van der Waals surface area contributed by atoms with Crippen molar-refractivity contribution in [3.63, 3.8) is 0 Å². The standard InChI is InChI=1S/C24H23ClN2O3/c1-2-15-29-21-13-9-19(10-14-21)24(28)27-26-16-18-7-11-22(12-8-18)30-17-20-5-3-4-6-23(20)25/h3-14,16H,2,15,17H2,1H3,(H,27,28)/b26-16-. The van der Waals surface area contributed by atoms with Crippen LogP contribution < -0.4 is 14.9 Å². The highest BCUT2D eigenvalue weighted by Crippen LogP contribution is 2.18. The van der Waals surface area contributed by atoms with Gasteiger partial charge in [-0.15, -0.1) is 0 Å². The number of hydrazone groups is 1. The maximum atomic E-state index is 12.2. The molecule has 0 aliphatic heterocycles. The molecule has 0 radical (unpaired) electrons. The molecule has 3 rings (SSSR count). The summed E-state index contributed by atoms with van der Waals surface area (Å²) in [4.78, 5) is 12.2. The summed E-state index contributed by atoms with van der Waals surface area (Å²) in [6.07, 6.45) is 2.51. The van der Waals surface area contributed by atoms with Crippen molar-refractivity contribution in [1.29, 1.82) is 0 Å². The van der Waals surface area contributed by atoms with E-state index in [2.05, 4.69) is 10.5 Å². The van der Waals surface area contributed by atoms with Crippen LogP contribution in [0, 0.1) is 0 Å². The summed E-state index contributed by atoms with van der Waals surface area (Å²) in [5.74, 6) is 1.18. The van der Waals surface area contributed by atoms with Crippen LogP contribution >= 0.6 is 11.6 Å². The van der Waals surface area contributed by atoms with E-state index in [-0.39, 0.29) is 5.91 Å². The molecule has 30 heavy (non-hydrogen) atoms. The second-order valence-electron chi connectivity index (χ2n) is 6.52. The first kappa shape index (κ1) is 21.4. The Morgan fingerprint density at radius 1 is 0.967 bits per heavy atom. The Morgan fingerprint density at radius 3 is 2.33 bits per heavy atom. The molecule has 0 bridgehead atoms. The number of amides is 1. The third-order valence-electron chi connectivity index (χ3n) is 4.20. The summed E-state index contributed by atoms with van der Waals surface area (Å²) in [7, 11) is 0. The van der Waals surface area contributed by atoms with Crippen LogP contribution in [0.2, 0.25) is 5.02 Å². The normalized spacial score (nSPS) is 10.7. The molecule has 0 saturated heterocycles. The first-order valence-electron chi connectivity index (χ1n) is 9.68. The van der Waals surface area contributed by atoms with Crippen LogP contribution in [0.5, 0.6) is 11.5 Å². The van der Waals surface area contributed by atoms with Crippen molar-refractivity contribution >= 4 is 23.7 Å². The van der Waals surface area contributed by atoms with E-state index in [1.807, 2.05) is 55.5 Å². The second-order valence-corrected chi connectivity index (χ2v) is 6.93. The summed E-state index contributed by atoms with van der Waals surface area (Å²) >= 11 is 6.13. The third-order valence-corrected chi connectivity index (χ3v) is 4.57. The molecule has 0 saturated carbocycles. The number of halogens is 1. The smallest absolute Gasteiger partial charge is 0.271 e. The van der Waals surface area contributed by atoms with Gasteiger partial charge in [0.1, 0.15) is 18.1 Å². The largest absolute Gasteiger partial charge is 0.494 e. The van der Waals surface area contributed by atoms with Gasteiger partial charge in [0, 0.05) is 16.1 Å². The highest BCUT2D eigenvalue weighted by Gasteiger charge is 2.04. The van der Waals surface area contributed by atoms with Crippen molar-refractivity contribution in [2.24, 2.45) is 5.10 Å². The maximum Gasteiger partial charge on any atom is 0.271 e. The van der Waals surface area contributed by atoms with Gasteiger partial charge in [0.25, 0.3) is 5.91 Å². The SMILES string of the molecule is CCCOc1ccc(C(=O)N/N=C\c2ccc(OCc3ccccc3Cl)cc2)cc1. The zero-order valence-corrected chi connectivity index (χ0v) is 17.4. The first-order valence-corrected chi connectivity index (χ1v) is 10.1. The summed E-state index contributed by atoms with van der Waals surface area (Å²) in [5.41, 5.74) is 4.80. The number of carbonyl (C=O) groups excluding carboxylic acids is 1. The zero-order chi connectivity index (χ0) is 21.2. The number of nitrogens with zero attached hydrogens (tertiary/aromatic N) is 1. The van der Waals surface area contributed by atoms with Crippen LogP contribution in [0.3, 0.4) is 0 Å². The molecule has 0 heterocycles. The molecule has 0 spiro atoms. The molecule has 154 valence electrons. The number of ether oxygens (including phenoxy) is 2. The lowest BCUT2D eigenvalue weighted by Crippen LogP contribution is -2.17. The van der Waals surface area contributed by atoms with E-state index < -0.39 is 0 Å². The zero-order valence-electron chi connectivity index (χ0n) is 16.7. The summed E-state index contributed by atoms with van der Waals surface area (Å²) in [5, 5.41) is 4.69. The van der Waals surface area contributed by atoms with Gasteiger partial charge in [-0.2, -0.15) is 5.10 Å². The second kappa shape index (κ2) is 11.0. The minimum absolute atomic E-state index is 0.284. The monoisotopic (exact) mass is 422 g/mol. The van der Waals surface area contributed by atoms with Crippen molar-refractivity contribution in [3.8, 4) is 11.5 Å². The van der Waals surface area contributed by atoms with Gasteiger partial charge in [-0.1, -0.05) is 36.7 Å². The number of nitrogens with one attached hydrogen (secondary N) is 1. The molecule has 1 N–H and O–H groups in total. The molecule has 0 aromatic heterocycles. The lowest BCUT2D eigenvalue weighted by molar-refractivity contribution is 0.0955. The highest BCUT2D eigenvalue weighted by molar-refractivity contribution is 6.31. The van der Waals surface area contributed by atoms with Crippen LogP contribution in [0.1, 0.15) is 34.8 Å². The molecular weight excluding hydrogens is 400 g/mol. The van der Waals surface area contributed by atoms with Gasteiger partial charge in [0.15, 0.2) is 0 Å². The van der Waals surface area contributed by atoms with E-state index in [1.165, 1.54) is 0 Å². The quantitative estimate of drug-likeness (QED) is 0.367. The Morgan fingerprint density at radius 2 is 1.63 bits per heavy atom. The Kier molecular flexibility index (Phi) is 7.86. The molecule has 0 aliphatic carbocycles. The van der Waals surface area contributed by atoms with Crippen LogP contribution in [0.4, 0.5) is 0 Å². The summed E-state index contributed by atoms with van der Waals surface area (Å²) in [6, 6.07) is 21.9. The van der Waals surface area contributed by atoms with Crippen LogP contribution in [0.25, 0.3) is 0 Å². The number of carbonyl (C=O) groups is 1. The molecule has 1 amide bonds. The van der Waals surface area contributed by atoms with Crippen molar-refractivity contribution < 1.29 is 14.3 Å². The molecule has 3 aromatic rings. The van der Waals surface area contributed by atoms with Crippen molar-refractivity contribution in [2.75, 3.05) is 6.61 Å². The van der Waals surface area contributed by atoms with Gasteiger partial charge in [-0.3, -0.25) is 4.79 Å². The van der Waals surface area contributed by atoms with Gasteiger partial charge < -0.3 is 9.47 Å². The van der Waals surface area contributed by atoms with E-state index in [9.17, 15) is 4.79 Å². The summed E-state index contributed by atoms with van der Waals surface area (Å²) < 4.78 is 11.3. The molecule has 5 nitrogen and oxygen atoms in total. The van der Waals surface area contributed by atoms with Gasteiger partial charge in [-0.05, 0) is 66.6 Å². The van der Waals surface area contributed by atoms with E-state index in [1.54, 1.807) is 30.5 Å². The van der Waals surface area contributed by atoms with E-state index in [4.69, 9.17) is 21.1 Å². The lowest BCUT2D eigenvalue weighted by Gasteiger charge is -2.07. The molecule has 0 fully saturated rings. The van der Waals surface area contributed by atoms with Gasteiger partial charge in [-0.25, -0.2) is 5.43 Å². The maximum absolute atomic E-state index is 12.2. The van der Waals surface area contributed by atoms with Crippen molar-refractivity contribution in [1.82, 2.24) is 5.43 Å². The van der Waals surface area contributed by atoms with Crippen LogP contribution in [0.15, 0.2) is 77.9 Å². The average molecular weight is 423 g/mol. The first-order chi connectivity index (χ1) is 14.7. The minimum Gasteiger partial charge on any atom is -0.494 e. The number of hydrogen-bond acceptors (Lipinski definition) is 4. The molecule has 0 atom stereocenters. The van der Waals surface area contributed by atoms with Crippen LogP contribution in [-0.2, 0) is 6.61 Å². The summed E-state index contributed by atoms with van der Waals surface area (Å²) in [6.45, 7) is 3.09. The number of hydrogen-bond donors (Lipinski definition) is 1. The minimum atomic E-state index is -0.284. The molecule has 0 aliphatic rings. The molecular formula is C24H23ClN2O3. The predicted octanol–water partition coefficient (Wildman–Crippen LogP) is 5.47. The van der Waals surface area contributed by atoms with E-state index in [0.29, 0.717) is 23.8 Å². The Balaban J connectivity index is 1.49. The van der Waals surface area contributed by atoms with Gasteiger partial charge in [0.2, 0.25) is 0 Å². The number of benzene rings is 3. The third kappa shape index (κ3) is 6.36. The number of rotatable bonds is 9. The fourth-order valence-electron chi connectivity index (χ4n) is 2.58. The van der Waals surface area contributed by atoms with Crippen LogP contribution in [-0.4, -0.2) is 18.7 Å². The molecule has 3 aromatic carbocycles. The lowest BCUT2D eigenvalue weighted by atomic mass is 10.2. The molecule has 0 unspecified atom stereocenters. The highest BCUT2D eigenvalue weighted by atomic mass is 35.5. The van der Waals surface area contributed by atoms with Gasteiger partial charge >= 0.3 is 0 Å². The Hall–Kier alpha value is -3.31. The Bertz CT molecular complexity index is 986. The van der Waals surface area contributed by atoms with E-state index >= 15 is 0 Å². The predicted molar refractivity (Wildman–Crippen MR) is 120 cm³/mol.